The minimum atomic E-state index is 0.103. The van der Waals surface area contributed by atoms with Gasteiger partial charge < -0.3 is 16.0 Å². The molecular formula is C13H26N4O2. The zero-order valence-corrected chi connectivity index (χ0v) is 12.0. The summed E-state index contributed by atoms with van der Waals surface area (Å²) in [7, 11) is 3.49. The van der Waals surface area contributed by atoms with Crippen molar-refractivity contribution in [2.24, 2.45) is 11.7 Å². The Morgan fingerprint density at radius 3 is 2.53 bits per heavy atom. The van der Waals surface area contributed by atoms with E-state index in [1.165, 1.54) is 0 Å². The third-order valence-corrected chi connectivity index (χ3v) is 3.69. The van der Waals surface area contributed by atoms with Gasteiger partial charge in [-0.3, -0.25) is 14.5 Å². The Morgan fingerprint density at radius 2 is 2.00 bits per heavy atom. The predicted molar refractivity (Wildman–Crippen MR) is 74.5 cm³/mol. The second-order valence-electron chi connectivity index (χ2n) is 5.12. The van der Waals surface area contributed by atoms with Gasteiger partial charge in [0, 0.05) is 26.6 Å². The maximum Gasteiger partial charge on any atom is 0.236 e. The van der Waals surface area contributed by atoms with Crippen LogP contribution in [0.3, 0.4) is 0 Å². The van der Waals surface area contributed by atoms with Gasteiger partial charge in [-0.2, -0.15) is 0 Å². The van der Waals surface area contributed by atoms with E-state index in [0.29, 0.717) is 19.6 Å². The third kappa shape index (κ3) is 5.16. The van der Waals surface area contributed by atoms with E-state index in [4.69, 9.17) is 5.73 Å². The molecule has 0 aliphatic carbocycles. The Labute approximate surface area is 115 Å². The summed E-state index contributed by atoms with van der Waals surface area (Å²) in [4.78, 5) is 27.3. The van der Waals surface area contributed by atoms with Crippen LogP contribution in [0.15, 0.2) is 0 Å². The van der Waals surface area contributed by atoms with Crippen LogP contribution in [0.1, 0.15) is 19.3 Å². The van der Waals surface area contributed by atoms with Gasteiger partial charge in [-0.15, -0.1) is 0 Å². The molecule has 0 atom stereocenters. The lowest BCUT2D eigenvalue weighted by molar-refractivity contribution is -0.131. The number of nitrogens with zero attached hydrogens (tertiary/aromatic N) is 2. The molecule has 2 amide bonds. The van der Waals surface area contributed by atoms with E-state index < -0.39 is 0 Å². The van der Waals surface area contributed by atoms with E-state index in [1.807, 2.05) is 7.05 Å². The van der Waals surface area contributed by atoms with Crippen LogP contribution in [-0.4, -0.2) is 68.4 Å². The van der Waals surface area contributed by atoms with Crippen LogP contribution in [0.4, 0.5) is 0 Å². The number of carbonyl (C=O) groups excluding carboxylic acids is 2. The second kappa shape index (κ2) is 8.12. The first-order valence-electron chi connectivity index (χ1n) is 6.96. The average Bonchev–Trinajstić information content (AvgIpc) is 2.44. The van der Waals surface area contributed by atoms with Crippen molar-refractivity contribution < 1.29 is 9.59 Å². The highest BCUT2D eigenvalue weighted by Gasteiger charge is 2.25. The minimum absolute atomic E-state index is 0.103. The highest BCUT2D eigenvalue weighted by molar-refractivity contribution is 5.79. The molecule has 0 aromatic carbocycles. The van der Waals surface area contributed by atoms with Crippen molar-refractivity contribution in [2.75, 3.05) is 46.8 Å². The summed E-state index contributed by atoms with van der Waals surface area (Å²) in [6.45, 7) is 3.39. The van der Waals surface area contributed by atoms with Gasteiger partial charge in [0.05, 0.1) is 6.54 Å². The van der Waals surface area contributed by atoms with Crippen LogP contribution >= 0.6 is 0 Å². The molecule has 0 bridgehead atoms. The Kier molecular flexibility index (Phi) is 6.80. The smallest absolute Gasteiger partial charge is 0.236 e. The quantitative estimate of drug-likeness (QED) is 0.666. The first-order chi connectivity index (χ1) is 9.08. The van der Waals surface area contributed by atoms with E-state index in [2.05, 4.69) is 10.2 Å². The molecule has 0 aromatic heterocycles. The normalized spacial score (nSPS) is 17.2. The molecule has 0 unspecified atom stereocenters. The summed E-state index contributed by atoms with van der Waals surface area (Å²) in [6, 6.07) is 0. The van der Waals surface area contributed by atoms with Gasteiger partial charge in [0.1, 0.15) is 0 Å². The van der Waals surface area contributed by atoms with E-state index in [1.54, 1.807) is 11.9 Å². The van der Waals surface area contributed by atoms with Crippen molar-refractivity contribution in [2.45, 2.75) is 19.3 Å². The van der Waals surface area contributed by atoms with E-state index in [9.17, 15) is 9.59 Å². The number of nitrogens with one attached hydrogen (secondary N) is 1. The maximum absolute atomic E-state index is 12.0. The molecule has 19 heavy (non-hydrogen) atoms. The van der Waals surface area contributed by atoms with E-state index in [0.717, 1.165) is 32.4 Å². The fraction of sp³-hybridized carbons (Fsp3) is 0.846. The monoisotopic (exact) mass is 270 g/mol. The molecule has 0 radical (unpaired) electrons. The standard InChI is InChI=1S/C13H26N4O2/c1-15-13(19)11-4-8-17(9-5-11)10-12(18)16(2)7-3-6-14/h11H,3-10,14H2,1-2H3,(H,15,19). The summed E-state index contributed by atoms with van der Waals surface area (Å²) in [5.41, 5.74) is 5.43. The van der Waals surface area contributed by atoms with E-state index >= 15 is 0 Å². The van der Waals surface area contributed by atoms with Crippen LogP contribution in [0.5, 0.6) is 0 Å². The molecule has 1 heterocycles. The molecule has 1 saturated heterocycles. The molecule has 1 rings (SSSR count). The number of hydrogen-bond acceptors (Lipinski definition) is 4. The van der Waals surface area contributed by atoms with Crippen molar-refractivity contribution in [3.63, 3.8) is 0 Å². The lowest BCUT2D eigenvalue weighted by Crippen LogP contribution is -2.44. The number of hydrogen-bond donors (Lipinski definition) is 2. The van der Waals surface area contributed by atoms with Crippen LogP contribution in [-0.2, 0) is 9.59 Å². The second-order valence-corrected chi connectivity index (χ2v) is 5.12. The van der Waals surface area contributed by atoms with Crippen molar-refractivity contribution in [3.8, 4) is 0 Å². The molecule has 3 N–H and O–H groups in total. The van der Waals surface area contributed by atoms with Crippen LogP contribution in [0, 0.1) is 5.92 Å². The Balaban J connectivity index is 2.28. The maximum atomic E-state index is 12.0. The summed E-state index contributed by atoms with van der Waals surface area (Å²) in [5, 5.41) is 2.69. The number of likely N-dealkylation sites (N-methyl/N-ethyl adjacent to an activating group) is 1. The Bertz CT molecular complexity index is 301. The lowest BCUT2D eigenvalue weighted by atomic mass is 9.96. The molecule has 1 aliphatic rings. The summed E-state index contributed by atoms with van der Waals surface area (Å²) < 4.78 is 0. The zero-order chi connectivity index (χ0) is 14.3. The molecule has 1 aliphatic heterocycles. The number of likely N-dealkylation sites (tertiary alicyclic amines) is 1. The fourth-order valence-corrected chi connectivity index (χ4v) is 2.32. The zero-order valence-electron chi connectivity index (χ0n) is 12.0. The van der Waals surface area contributed by atoms with Gasteiger partial charge in [0.2, 0.25) is 11.8 Å². The highest BCUT2D eigenvalue weighted by atomic mass is 16.2. The highest BCUT2D eigenvalue weighted by Crippen LogP contribution is 2.17. The number of piperidine rings is 1. The summed E-state index contributed by atoms with van der Waals surface area (Å²) in [6.07, 6.45) is 2.50. The van der Waals surface area contributed by atoms with Gasteiger partial charge in [-0.25, -0.2) is 0 Å². The van der Waals surface area contributed by atoms with Gasteiger partial charge in [-0.05, 0) is 38.9 Å². The number of amides is 2. The molecule has 1 fully saturated rings. The first kappa shape index (κ1) is 15.9. The van der Waals surface area contributed by atoms with Gasteiger partial charge in [0.15, 0.2) is 0 Å². The molecule has 110 valence electrons. The topological polar surface area (TPSA) is 78.7 Å². The molecular weight excluding hydrogens is 244 g/mol. The van der Waals surface area contributed by atoms with Crippen molar-refractivity contribution in [1.29, 1.82) is 0 Å². The molecule has 6 nitrogen and oxygen atoms in total. The number of carbonyl (C=O) groups is 2. The molecule has 0 spiro atoms. The molecule has 0 saturated carbocycles. The van der Waals surface area contributed by atoms with Crippen LogP contribution in [0.2, 0.25) is 0 Å². The van der Waals surface area contributed by atoms with Crippen LogP contribution < -0.4 is 11.1 Å². The Hall–Kier alpha value is -1.14. The average molecular weight is 270 g/mol. The Morgan fingerprint density at radius 1 is 1.37 bits per heavy atom. The lowest BCUT2D eigenvalue weighted by Gasteiger charge is -2.31. The van der Waals surface area contributed by atoms with Gasteiger partial charge >= 0.3 is 0 Å². The largest absolute Gasteiger partial charge is 0.359 e. The van der Waals surface area contributed by atoms with E-state index in [-0.39, 0.29) is 17.7 Å². The predicted octanol–water partition coefficient (Wildman–Crippen LogP) is -0.748. The van der Waals surface area contributed by atoms with Gasteiger partial charge in [0.25, 0.3) is 0 Å². The summed E-state index contributed by atoms with van der Waals surface area (Å²) >= 11 is 0. The minimum Gasteiger partial charge on any atom is -0.359 e. The summed E-state index contributed by atoms with van der Waals surface area (Å²) in [5.74, 6) is 0.351. The number of rotatable bonds is 6. The van der Waals surface area contributed by atoms with Gasteiger partial charge in [-0.1, -0.05) is 0 Å². The first-order valence-corrected chi connectivity index (χ1v) is 6.96. The molecule has 6 heteroatoms. The van der Waals surface area contributed by atoms with Crippen molar-refractivity contribution >= 4 is 11.8 Å². The van der Waals surface area contributed by atoms with Crippen LogP contribution in [0.25, 0.3) is 0 Å². The third-order valence-electron chi connectivity index (χ3n) is 3.69. The molecule has 0 aromatic rings. The fourth-order valence-electron chi connectivity index (χ4n) is 2.32. The van der Waals surface area contributed by atoms with Crippen molar-refractivity contribution in [1.82, 2.24) is 15.1 Å². The number of nitrogens with two attached hydrogens (primary N) is 1. The van der Waals surface area contributed by atoms with Crippen molar-refractivity contribution in [3.05, 3.63) is 0 Å². The SMILES string of the molecule is CNC(=O)C1CCN(CC(=O)N(C)CCCN)CC1.